The van der Waals surface area contributed by atoms with Gasteiger partial charge in [-0.1, -0.05) is 37.3 Å². The molecule has 0 aliphatic carbocycles. The lowest BCUT2D eigenvalue weighted by Crippen LogP contribution is -2.39. The second-order valence-corrected chi connectivity index (χ2v) is 5.37. The lowest BCUT2D eigenvalue weighted by molar-refractivity contribution is -0.141. The number of carbonyl (C=O) groups excluding carboxylic acids is 1. The predicted octanol–water partition coefficient (Wildman–Crippen LogP) is 3.14. The van der Waals surface area contributed by atoms with Crippen molar-refractivity contribution < 1.29 is 18.0 Å². The van der Waals surface area contributed by atoms with Gasteiger partial charge in [-0.05, 0) is 18.1 Å². The zero-order chi connectivity index (χ0) is 17.7. The lowest BCUT2D eigenvalue weighted by atomic mass is 10.1. The Hall–Kier alpha value is -2.57. The van der Waals surface area contributed by atoms with Gasteiger partial charge in [-0.15, -0.1) is 0 Å². The van der Waals surface area contributed by atoms with Crippen molar-refractivity contribution in [1.29, 1.82) is 0 Å². The number of hydrogen-bond acceptors (Lipinski definition) is 2. The van der Waals surface area contributed by atoms with Crippen LogP contribution in [0.3, 0.4) is 0 Å². The molecule has 0 saturated heterocycles. The Morgan fingerprint density at radius 3 is 2.42 bits per heavy atom. The summed E-state index contributed by atoms with van der Waals surface area (Å²) in [6, 6.07) is 10.8. The van der Waals surface area contributed by atoms with E-state index >= 15 is 0 Å². The predicted molar refractivity (Wildman–Crippen MR) is 83.7 cm³/mol. The Bertz CT molecular complexity index is 754. The number of H-pyrrole nitrogens is 1. The second kappa shape index (κ2) is 7.33. The van der Waals surface area contributed by atoms with Crippen molar-refractivity contribution in [3.05, 3.63) is 69.6 Å². The number of alkyl halides is 3. The minimum atomic E-state index is -4.53. The first-order valence-corrected chi connectivity index (χ1v) is 7.41. The van der Waals surface area contributed by atoms with E-state index < -0.39 is 24.2 Å². The highest BCUT2D eigenvalue weighted by Crippen LogP contribution is 2.20. The molecular weight excluding hydrogens is 321 g/mol. The first-order valence-electron chi connectivity index (χ1n) is 7.41. The van der Waals surface area contributed by atoms with E-state index in [1.165, 1.54) is 6.07 Å². The molecule has 0 aliphatic heterocycles. The van der Waals surface area contributed by atoms with Crippen molar-refractivity contribution in [3.8, 4) is 0 Å². The quantitative estimate of drug-likeness (QED) is 0.911. The summed E-state index contributed by atoms with van der Waals surface area (Å²) in [6.45, 7) is 0.208. The largest absolute Gasteiger partial charge is 0.406 e. The molecule has 0 aliphatic rings. The monoisotopic (exact) mass is 338 g/mol. The summed E-state index contributed by atoms with van der Waals surface area (Å²) in [6.07, 6.45) is -4.06. The number of amides is 1. The van der Waals surface area contributed by atoms with Crippen LogP contribution < -0.4 is 5.56 Å². The fourth-order valence-electron chi connectivity index (χ4n) is 2.32. The van der Waals surface area contributed by atoms with Gasteiger partial charge in [0.25, 0.3) is 5.91 Å². The van der Waals surface area contributed by atoms with Gasteiger partial charge in [-0.2, -0.15) is 13.2 Å². The van der Waals surface area contributed by atoms with E-state index in [0.717, 1.165) is 6.07 Å². The summed E-state index contributed by atoms with van der Waals surface area (Å²) in [5.41, 5.74) is 0.522. The fourth-order valence-corrected chi connectivity index (χ4v) is 2.32. The van der Waals surface area contributed by atoms with E-state index in [1.54, 1.807) is 37.3 Å². The van der Waals surface area contributed by atoms with E-state index in [1.807, 2.05) is 0 Å². The van der Waals surface area contributed by atoms with E-state index in [9.17, 15) is 22.8 Å². The van der Waals surface area contributed by atoms with E-state index in [0.29, 0.717) is 22.6 Å². The van der Waals surface area contributed by atoms with Crippen LogP contribution in [0.5, 0.6) is 0 Å². The smallest absolute Gasteiger partial charge is 0.326 e. The molecule has 1 heterocycles. The summed E-state index contributed by atoms with van der Waals surface area (Å²) in [5, 5.41) is 0. The Morgan fingerprint density at radius 1 is 1.17 bits per heavy atom. The van der Waals surface area contributed by atoms with Crippen LogP contribution in [0.15, 0.2) is 47.3 Å². The number of rotatable bonds is 5. The molecule has 7 heteroatoms. The lowest BCUT2D eigenvalue weighted by Gasteiger charge is -2.24. The average molecular weight is 338 g/mol. The molecule has 0 bridgehead atoms. The highest BCUT2D eigenvalue weighted by Gasteiger charge is 2.33. The first-order chi connectivity index (χ1) is 11.3. The fraction of sp³-hybridized carbons (Fsp3) is 0.294. The Kier molecular flexibility index (Phi) is 5.43. The van der Waals surface area contributed by atoms with E-state index in [4.69, 9.17) is 0 Å². The Balaban J connectivity index is 2.33. The van der Waals surface area contributed by atoms with Crippen LogP contribution in [-0.4, -0.2) is 28.5 Å². The summed E-state index contributed by atoms with van der Waals surface area (Å²) >= 11 is 0. The summed E-state index contributed by atoms with van der Waals surface area (Å²) in [7, 11) is 0. The highest BCUT2D eigenvalue weighted by atomic mass is 19.4. The Labute approximate surface area is 136 Å². The van der Waals surface area contributed by atoms with Gasteiger partial charge < -0.3 is 9.88 Å². The van der Waals surface area contributed by atoms with Crippen LogP contribution >= 0.6 is 0 Å². The van der Waals surface area contributed by atoms with Crippen molar-refractivity contribution >= 4 is 5.91 Å². The molecule has 24 heavy (non-hydrogen) atoms. The number of nitrogens with zero attached hydrogens (tertiary/aromatic N) is 1. The summed E-state index contributed by atoms with van der Waals surface area (Å²) < 4.78 is 38.5. The third kappa shape index (κ3) is 4.97. The first kappa shape index (κ1) is 17.8. The standard InChI is InChI=1S/C17H17F3N2O2/c1-2-14-8-13(9-15(23)21-14)16(24)22(11-17(18,19)20)10-12-6-4-3-5-7-12/h3-9H,2,10-11H2,1H3,(H,21,23). The molecule has 0 spiro atoms. The van der Waals surface area contributed by atoms with Gasteiger partial charge in [0.2, 0.25) is 5.56 Å². The molecule has 0 fully saturated rings. The molecule has 2 aromatic rings. The normalized spacial score (nSPS) is 11.3. The van der Waals surface area contributed by atoms with E-state index in [-0.39, 0.29) is 12.1 Å². The second-order valence-electron chi connectivity index (χ2n) is 5.37. The maximum Gasteiger partial charge on any atom is 0.406 e. The number of aromatic amines is 1. The third-order valence-corrected chi connectivity index (χ3v) is 3.40. The van der Waals surface area contributed by atoms with Crippen LogP contribution in [0, 0.1) is 0 Å². The summed E-state index contributed by atoms with van der Waals surface area (Å²) in [5.74, 6) is -0.822. The molecule has 2 rings (SSSR count). The van der Waals surface area contributed by atoms with Crippen LogP contribution in [0.1, 0.15) is 28.5 Å². The maximum absolute atomic E-state index is 12.8. The summed E-state index contributed by atoms with van der Waals surface area (Å²) in [4.78, 5) is 27.4. The molecule has 0 atom stereocenters. The number of benzene rings is 1. The highest BCUT2D eigenvalue weighted by molar-refractivity contribution is 5.94. The number of nitrogens with one attached hydrogen (secondary N) is 1. The van der Waals surface area contributed by atoms with Crippen molar-refractivity contribution in [2.24, 2.45) is 0 Å². The Morgan fingerprint density at radius 2 is 1.83 bits per heavy atom. The zero-order valence-corrected chi connectivity index (χ0v) is 13.1. The topological polar surface area (TPSA) is 53.2 Å². The third-order valence-electron chi connectivity index (χ3n) is 3.40. The minimum Gasteiger partial charge on any atom is -0.326 e. The number of halogens is 3. The van der Waals surface area contributed by atoms with E-state index in [2.05, 4.69) is 4.98 Å². The number of carbonyl (C=O) groups is 1. The SMILES string of the molecule is CCc1cc(C(=O)N(Cc2ccccc2)CC(F)(F)F)cc(=O)[nH]1. The zero-order valence-electron chi connectivity index (χ0n) is 13.1. The molecule has 4 nitrogen and oxygen atoms in total. The number of aryl methyl sites for hydroxylation is 1. The van der Waals surface area contributed by atoms with Crippen molar-refractivity contribution in [2.45, 2.75) is 26.1 Å². The van der Waals surface area contributed by atoms with Gasteiger partial charge in [0.05, 0.1) is 0 Å². The van der Waals surface area contributed by atoms with Crippen molar-refractivity contribution in [2.75, 3.05) is 6.54 Å². The van der Waals surface area contributed by atoms with Gasteiger partial charge in [0.15, 0.2) is 0 Å². The molecular formula is C17H17F3N2O2. The number of aromatic nitrogens is 1. The van der Waals surface area contributed by atoms with Crippen molar-refractivity contribution in [3.63, 3.8) is 0 Å². The number of hydrogen-bond donors (Lipinski definition) is 1. The molecule has 0 saturated carbocycles. The van der Waals surface area contributed by atoms with Gasteiger partial charge >= 0.3 is 6.18 Å². The minimum absolute atomic E-state index is 0.0456. The molecule has 1 aromatic heterocycles. The van der Waals surface area contributed by atoms with Crippen LogP contribution in [0.4, 0.5) is 13.2 Å². The number of pyridine rings is 1. The molecule has 1 N–H and O–H groups in total. The van der Waals surface area contributed by atoms with Gasteiger partial charge in [-0.3, -0.25) is 9.59 Å². The maximum atomic E-state index is 12.8. The molecule has 1 aromatic carbocycles. The van der Waals surface area contributed by atoms with Crippen LogP contribution in [0.25, 0.3) is 0 Å². The van der Waals surface area contributed by atoms with Gasteiger partial charge in [0, 0.05) is 23.9 Å². The average Bonchev–Trinajstić information content (AvgIpc) is 2.52. The van der Waals surface area contributed by atoms with Gasteiger partial charge in [0.1, 0.15) is 6.54 Å². The van der Waals surface area contributed by atoms with Crippen molar-refractivity contribution in [1.82, 2.24) is 9.88 Å². The van der Waals surface area contributed by atoms with Crippen LogP contribution in [0.2, 0.25) is 0 Å². The van der Waals surface area contributed by atoms with Gasteiger partial charge in [-0.25, -0.2) is 0 Å². The molecule has 128 valence electrons. The molecule has 1 amide bonds. The molecule has 0 radical (unpaired) electrons. The molecule has 0 unspecified atom stereocenters. The van der Waals surface area contributed by atoms with Crippen LogP contribution in [-0.2, 0) is 13.0 Å².